The molecule has 6 heteroatoms. The Balaban J connectivity index is 2.31. The van der Waals surface area contributed by atoms with Crippen LogP contribution in [0.5, 0.6) is 0 Å². The molecule has 1 aromatic rings. The fraction of sp³-hybridized carbons (Fsp3) is 0.500. The molecule has 20 heavy (non-hydrogen) atoms. The quantitative estimate of drug-likeness (QED) is 0.906. The lowest BCUT2D eigenvalue weighted by Gasteiger charge is -2.33. The zero-order valence-corrected chi connectivity index (χ0v) is 11.4. The molecule has 3 nitrogen and oxygen atoms in total. The van der Waals surface area contributed by atoms with Gasteiger partial charge in [-0.25, -0.2) is 0 Å². The maximum absolute atomic E-state index is 13.3. The minimum absolute atomic E-state index is 0.201. The first-order valence-electron chi connectivity index (χ1n) is 6.40. The first kappa shape index (κ1) is 14.8. The lowest BCUT2D eigenvalue weighted by molar-refractivity contribution is -0.214. The van der Waals surface area contributed by atoms with Gasteiger partial charge in [0.15, 0.2) is 5.41 Å². The summed E-state index contributed by atoms with van der Waals surface area (Å²) >= 11 is 0. The summed E-state index contributed by atoms with van der Waals surface area (Å²) in [5.41, 5.74) is -0.856. The predicted molar refractivity (Wildman–Crippen MR) is 70.6 cm³/mol. The highest BCUT2D eigenvalue weighted by molar-refractivity contribution is 5.98. The van der Waals surface area contributed by atoms with E-state index < -0.39 is 17.5 Å². The summed E-state index contributed by atoms with van der Waals surface area (Å²) in [6.07, 6.45) is -4.77. The largest absolute Gasteiger partial charge is 0.404 e. The summed E-state index contributed by atoms with van der Waals surface area (Å²) < 4.78 is 40.0. The van der Waals surface area contributed by atoms with Gasteiger partial charge < -0.3 is 10.2 Å². The van der Waals surface area contributed by atoms with E-state index in [4.69, 9.17) is 0 Å². The van der Waals surface area contributed by atoms with Gasteiger partial charge in [0.05, 0.1) is 0 Å². The second kappa shape index (κ2) is 5.09. The van der Waals surface area contributed by atoms with Crippen LogP contribution in [0.2, 0.25) is 0 Å². The Morgan fingerprint density at radius 3 is 2.35 bits per heavy atom. The number of rotatable bonds is 2. The normalized spacial score (nSPS) is 22.9. The average molecular weight is 286 g/mol. The van der Waals surface area contributed by atoms with Crippen molar-refractivity contribution in [3.63, 3.8) is 0 Å². The zero-order chi connectivity index (χ0) is 15.0. The molecule has 1 aromatic carbocycles. The van der Waals surface area contributed by atoms with Crippen LogP contribution < -0.4 is 10.2 Å². The zero-order valence-electron chi connectivity index (χ0n) is 11.4. The van der Waals surface area contributed by atoms with Crippen LogP contribution in [0.1, 0.15) is 12.0 Å². The summed E-state index contributed by atoms with van der Waals surface area (Å²) in [5.74, 6) is -0.904. The molecule has 1 fully saturated rings. The van der Waals surface area contributed by atoms with Crippen molar-refractivity contribution in [2.45, 2.75) is 19.5 Å². The Kier molecular flexibility index (Phi) is 3.77. The smallest absolute Gasteiger partial charge is 0.315 e. The predicted octanol–water partition coefficient (Wildman–Crippen LogP) is 2.50. The van der Waals surface area contributed by atoms with E-state index in [-0.39, 0.29) is 19.5 Å². The Morgan fingerprint density at radius 1 is 1.30 bits per heavy atom. The lowest BCUT2D eigenvalue weighted by atomic mass is 9.84. The van der Waals surface area contributed by atoms with Crippen LogP contribution in [0.3, 0.4) is 0 Å². The van der Waals surface area contributed by atoms with E-state index >= 15 is 0 Å². The minimum Gasteiger partial charge on any atom is -0.315 e. The molecule has 1 aliphatic rings. The van der Waals surface area contributed by atoms with Gasteiger partial charge in [-0.2, -0.15) is 13.2 Å². The van der Waals surface area contributed by atoms with Crippen molar-refractivity contribution >= 4 is 11.6 Å². The van der Waals surface area contributed by atoms with Crippen molar-refractivity contribution in [1.29, 1.82) is 0 Å². The molecule has 0 bridgehead atoms. The highest BCUT2D eigenvalue weighted by atomic mass is 19.4. The maximum Gasteiger partial charge on any atom is 0.404 e. The Labute approximate surface area is 115 Å². The van der Waals surface area contributed by atoms with E-state index in [1.165, 1.54) is 7.05 Å². The lowest BCUT2D eigenvalue weighted by Crippen LogP contribution is -2.52. The first-order chi connectivity index (χ1) is 9.28. The number of benzene rings is 1. The number of anilines is 1. The molecule has 0 aliphatic carbocycles. The van der Waals surface area contributed by atoms with E-state index in [0.717, 1.165) is 10.5 Å². The number of nitrogens with zero attached hydrogens (tertiary/aromatic N) is 1. The fourth-order valence-corrected chi connectivity index (χ4v) is 2.44. The molecule has 2 rings (SSSR count). The van der Waals surface area contributed by atoms with Crippen LogP contribution in [-0.4, -0.2) is 32.2 Å². The van der Waals surface area contributed by atoms with Gasteiger partial charge >= 0.3 is 6.18 Å². The van der Waals surface area contributed by atoms with Crippen LogP contribution in [0.15, 0.2) is 24.3 Å². The van der Waals surface area contributed by atoms with Crippen molar-refractivity contribution in [3.05, 3.63) is 29.8 Å². The van der Waals surface area contributed by atoms with Crippen molar-refractivity contribution in [1.82, 2.24) is 5.32 Å². The molecule has 0 radical (unpaired) electrons. The summed E-state index contributed by atoms with van der Waals surface area (Å²) in [6, 6.07) is 6.85. The van der Waals surface area contributed by atoms with Gasteiger partial charge in [-0.3, -0.25) is 4.79 Å². The van der Waals surface area contributed by atoms with Crippen molar-refractivity contribution in [2.75, 3.05) is 25.0 Å². The van der Waals surface area contributed by atoms with Gasteiger partial charge in [-0.15, -0.1) is 0 Å². The van der Waals surface area contributed by atoms with Crippen LogP contribution in [0, 0.1) is 12.3 Å². The van der Waals surface area contributed by atoms with Gasteiger partial charge in [-0.05, 0) is 32.0 Å². The number of carbonyl (C=O) groups excluding carboxylic acids is 1. The number of alkyl halides is 3. The molecule has 0 saturated carbocycles. The van der Waals surface area contributed by atoms with Crippen LogP contribution >= 0.6 is 0 Å². The third-order valence-corrected chi connectivity index (χ3v) is 3.83. The number of aryl methyl sites for hydroxylation is 1. The fourth-order valence-electron chi connectivity index (χ4n) is 2.44. The Morgan fingerprint density at radius 2 is 1.90 bits per heavy atom. The second-order valence-corrected chi connectivity index (χ2v) is 5.21. The summed E-state index contributed by atoms with van der Waals surface area (Å²) in [7, 11) is 1.39. The van der Waals surface area contributed by atoms with E-state index in [9.17, 15) is 18.0 Å². The number of nitrogens with one attached hydrogen (secondary N) is 1. The number of carbonyl (C=O) groups is 1. The summed E-state index contributed by atoms with van der Waals surface area (Å²) in [4.78, 5) is 13.5. The topological polar surface area (TPSA) is 32.3 Å². The van der Waals surface area contributed by atoms with Gasteiger partial charge in [0.2, 0.25) is 5.91 Å². The van der Waals surface area contributed by atoms with Crippen LogP contribution in [0.25, 0.3) is 0 Å². The maximum atomic E-state index is 13.3. The van der Waals surface area contributed by atoms with Gasteiger partial charge in [0.1, 0.15) is 0 Å². The number of hydrogen-bond donors (Lipinski definition) is 1. The number of hydrogen-bond acceptors (Lipinski definition) is 2. The van der Waals surface area contributed by atoms with Crippen LogP contribution in [0.4, 0.5) is 18.9 Å². The van der Waals surface area contributed by atoms with E-state index in [1.807, 2.05) is 6.92 Å². The molecule has 1 aliphatic heterocycles. The molecule has 110 valence electrons. The standard InChI is InChI=1S/C14H17F3N2O/c1-10-3-5-11(6-4-10)19(2)12(20)13(14(15,16)17)7-8-18-9-13/h3-6,18H,7-9H2,1-2H3. The summed E-state index contributed by atoms with van der Waals surface area (Å²) in [5, 5.41) is 2.65. The molecular formula is C14H17F3N2O. The van der Waals surface area contributed by atoms with Gasteiger partial charge in [0.25, 0.3) is 0 Å². The molecule has 1 N–H and O–H groups in total. The molecule has 1 heterocycles. The highest BCUT2D eigenvalue weighted by Crippen LogP contribution is 2.44. The van der Waals surface area contributed by atoms with Crippen LogP contribution in [-0.2, 0) is 4.79 Å². The SMILES string of the molecule is Cc1ccc(N(C)C(=O)C2(C(F)(F)F)CCNC2)cc1. The third-order valence-electron chi connectivity index (χ3n) is 3.83. The molecule has 1 unspecified atom stereocenters. The number of amides is 1. The molecule has 1 amide bonds. The molecule has 0 spiro atoms. The van der Waals surface area contributed by atoms with Gasteiger partial charge in [0, 0.05) is 19.3 Å². The number of halogens is 3. The monoisotopic (exact) mass is 286 g/mol. The Hall–Kier alpha value is -1.56. The highest BCUT2D eigenvalue weighted by Gasteiger charge is 2.62. The second-order valence-electron chi connectivity index (χ2n) is 5.21. The Bertz CT molecular complexity index is 490. The molecule has 0 aromatic heterocycles. The van der Waals surface area contributed by atoms with Crippen molar-refractivity contribution < 1.29 is 18.0 Å². The van der Waals surface area contributed by atoms with E-state index in [1.54, 1.807) is 24.3 Å². The molecule has 1 atom stereocenters. The van der Waals surface area contributed by atoms with Crippen molar-refractivity contribution in [2.24, 2.45) is 5.41 Å². The molecule has 1 saturated heterocycles. The van der Waals surface area contributed by atoms with Crippen molar-refractivity contribution in [3.8, 4) is 0 Å². The minimum atomic E-state index is -4.55. The first-order valence-corrected chi connectivity index (χ1v) is 6.40. The average Bonchev–Trinajstić information content (AvgIpc) is 2.88. The third kappa shape index (κ3) is 2.40. The van der Waals surface area contributed by atoms with E-state index in [2.05, 4.69) is 5.32 Å². The molecular weight excluding hydrogens is 269 g/mol. The summed E-state index contributed by atoms with van der Waals surface area (Å²) in [6.45, 7) is 1.72. The van der Waals surface area contributed by atoms with Gasteiger partial charge in [-0.1, -0.05) is 17.7 Å². The van der Waals surface area contributed by atoms with E-state index in [0.29, 0.717) is 5.69 Å².